The number of allylic oxidation sites excluding steroid dienone is 1. The van der Waals surface area contributed by atoms with Crippen LogP contribution in [0.2, 0.25) is 0 Å². The molecule has 2 aromatic rings. The molecule has 3 rings (SSSR count). The number of nitrogens with one attached hydrogen (secondary N) is 2. The van der Waals surface area contributed by atoms with Crippen LogP contribution < -0.4 is 5.32 Å². The highest BCUT2D eigenvalue weighted by Gasteiger charge is 2.40. The molecular formula is C24H30F4N4O2S. The molecule has 35 heavy (non-hydrogen) atoms. The fourth-order valence-electron chi connectivity index (χ4n) is 3.92. The van der Waals surface area contributed by atoms with Gasteiger partial charge in [-0.05, 0) is 68.4 Å². The van der Waals surface area contributed by atoms with Crippen LogP contribution in [-0.4, -0.2) is 34.4 Å². The summed E-state index contributed by atoms with van der Waals surface area (Å²) in [7, 11) is -2.39. The molecule has 1 heterocycles. The molecule has 2 N–H and O–H groups in total. The summed E-state index contributed by atoms with van der Waals surface area (Å²) < 4.78 is 81.2. The summed E-state index contributed by atoms with van der Waals surface area (Å²) in [4.78, 5) is 0. The Hall–Kier alpha value is -2.69. The van der Waals surface area contributed by atoms with Gasteiger partial charge in [-0.3, -0.25) is 4.68 Å². The third-order valence-corrected chi connectivity index (χ3v) is 9.08. The monoisotopic (exact) mass is 514 g/mol. The number of benzene rings is 1. The smallest absolute Gasteiger partial charge is 0.355 e. The molecule has 1 unspecified atom stereocenters. The van der Waals surface area contributed by atoms with Crippen molar-refractivity contribution in [1.82, 2.24) is 9.78 Å². The lowest BCUT2D eigenvalue weighted by Crippen LogP contribution is -2.42. The second-order valence-corrected chi connectivity index (χ2v) is 12.0. The Morgan fingerprint density at radius 2 is 1.89 bits per heavy atom. The van der Waals surface area contributed by atoms with Crippen molar-refractivity contribution in [3.8, 4) is 0 Å². The first kappa shape index (κ1) is 26.9. The van der Waals surface area contributed by atoms with Crippen LogP contribution in [0.25, 0.3) is 5.70 Å². The lowest BCUT2D eigenvalue weighted by Gasteiger charge is -2.27. The van der Waals surface area contributed by atoms with Gasteiger partial charge in [-0.25, -0.2) is 12.8 Å². The van der Waals surface area contributed by atoms with Crippen LogP contribution in [0.4, 0.5) is 23.2 Å². The number of halogens is 4. The third-order valence-electron chi connectivity index (χ3n) is 6.34. The van der Waals surface area contributed by atoms with E-state index in [4.69, 9.17) is 5.41 Å². The van der Waals surface area contributed by atoms with Gasteiger partial charge < -0.3 is 10.7 Å². The zero-order chi connectivity index (χ0) is 26.3. The lowest BCUT2D eigenvalue weighted by atomic mass is 10.0. The van der Waals surface area contributed by atoms with Gasteiger partial charge in [0, 0.05) is 35.9 Å². The molecule has 6 nitrogen and oxygen atoms in total. The quantitative estimate of drug-likeness (QED) is 0.321. The molecule has 1 aliphatic rings. The van der Waals surface area contributed by atoms with Crippen molar-refractivity contribution >= 4 is 26.9 Å². The molecule has 11 heteroatoms. The van der Waals surface area contributed by atoms with Crippen molar-refractivity contribution in [1.29, 1.82) is 5.41 Å². The Morgan fingerprint density at radius 1 is 1.26 bits per heavy atom. The van der Waals surface area contributed by atoms with Crippen molar-refractivity contribution in [2.24, 2.45) is 7.05 Å². The van der Waals surface area contributed by atoms with E-state index < -0.39 is 38.2 Å². The molecule has 1 fully saturated rings. The van der Waals surface area contributed by atoms with E-state index >= 15 is 0 Å². The average Bonchev–Trinajstić information content (AvgIpc) is 3.51. The Balaban J connectivity index is 1.93. The van der Waals surface area contributed by atoms with Gasteiger partial charge in [0.25, 0.3) is 0 Å². The summed E-state index contributed by atoms with van der Waals surface area (Å²) >= 11 is 0. The highest BCUT2D eigenvalue weighted by atomic mass is 32.2. The average molecular weight is 515 g/mol. The number of nitrogens with zero attached hydrogens (tertiary/aromatic N) is 2. The van der Waals surface area contributed by atoms with Crippen molar-refractivity contribution in [2.45, 2.75) is 63.8 Å². The molecule has 1 aliphatic carbocycles. The highest BCUT2D eigenvalue weighted by Crippen LogP contribution is 2.41. The van der Waals surface area contributed by atoms with E-state index in [1.165, 1.54) is 45.3 Å². The van der Waals surface area contributed by atoms with E-state index in [-0.39, 0.29) is 34.7 Å². The predicted octanol–water partition coefficient (Wildman–Crippen LogP) is 5.92. The summed E-state index contributed by atoms with van der Waals surface area (Å²) in [5, 5.41) is 14.6. The van der Waals surface area contributed by atoms with Gasteiger partial charge in [0.2, 0.25) is 0 Å². The van der Waals surface area contributed by atoms with E-state index in [1.54, 1.807) is 13.8 Å². The molecule has 0 saturated heterocycles. The number of aromatic nitrogens is 2. The minimum Gasteiger partial charge on any atom is -0.355 e. The fourth-order valence-corrected chi connectivity index (χ4v) is 5.70. The van der Waals surface area contributed by atoms with Crippen molar-refractivity contribution in [3.05, 3.63) is 52.6 Å². The summed E-state index contributed by atoms with van der Waals surface area (Å²) in [6, 6.07) is 4.01. The van der Waals surface area contributed by atoms with Crippen LogP contribution in [0.15, 0.2) is 30.0 Å². The Bertz CT molecular complexity index is 1270. The van der Waals surface area contributed by atoms with Gasteiger partial charge in [-0.15, -0.1) is 0 Å². The number of hydrogen-bond acceptors (Lipinski definition) is 5. The Kier molecular flexibility index (Phi) is 7.23. The molecule has 0 spiro atoms. The van der Waals surface area contributed by atoms with Gasteiger partial charge in [-0.2, -0.15) is 18.3 Å². The first-order chi connectivity index (χ1) is 16.1. The minimum atomic E-state index is -4.64. The van der Waals surface area contributed by atoms with E-state index in [0.717, 1.165) is 10.3 Å². The van der Waals surface area contributed by atoms with E-state index in [1.807, 2.05) is 0 Å². The summed E-state index contributed by atoms with van der Waals surface area (Å²) in [6.07, 6.45) is -1.80. The van der Waals surface area contributed by atoms with Crippen LogP contribution >= 0.6 is 0 Å². The predicted molar refractivity (Wildman–Crippen MR) is 129 cm³/mol. The van der Waals surface area contributed by atoms with Crippen LogP contribution in [0.5, 0.6) is 0 Å². The van der Waals surface area contributed by atoms with E-state index in [2.05, 4.69) is 10.4 Å². The number of alkyl halides is 3. The van der Waals surface area contributed by atoms with Crippen molar-refractivity contribution in [3.63, 3.8) is 0 Å². The second kappa shape index (κ2) is 9.40. The van der Waals surface area contributed by atoms with Gasteiger partial charge in [0.05, 0.1) is 5.75 Å². The summed E-state index contributed by atoms with van der Waals surface area (Å²) in [5.74, 6) is -1.73. The lowest BCUT2D eigenvalue weighted by molar-refractivity contribution is -0.141. The standard InChI is InChI=1S/C24H30F4N4O2S/c1-6-20(29)23(3,4)35(33,34)13-14(2)17-11-16(9-10-19(17)25)30-21(15-7-8-15)18-12-32(5)31-22(18)24(26,27)28/h9-12,14,29-30H,6-8,13H2,1-5H3. The van der Waals surface area contributed by atoms with Crippen LogP contribution in [0.3, 0.4) is 0 Å². The van der Waals surface area contributed by atoms with E-state index in [9.17, 15) is 26.0 Å². The topological polar surface area (TPSA) is 87.8 Å². The fraction of sp³-hybridized carbons (Fsp3) is 0.500. The molecule has 1 saturated carbocycles. The Labute approximate surface area is 202 Å². The maximum absolute atomic E-state index is 14.7. The largest absolute Gasteiger partial charge is 0.435 e. The first-order valence-electron chi connectivity index (χ1n) is 11.3. The minimum absolute atomic E-state index is 0.0678. The van der Waals surface area contributed by atoms with Crippen molar-refractivity contribution in [2.75, 3.05) is 11.1 Å². The molecule has 1 aromatic heterocycles. The number of sulfone groups is 1. The van der Waals surface area contributed by atoms with E-state index in [0.29, 0.717) is 18.5 Å². The zero-order valence-electron chi connectivity index (χ0n) is 20.3. The number of anilines is 1. The number of rotatable bonds is 9. The number of aryl methyl sites for hydroxylation is 1. The van der Waals surface area contributed by atoms with Crippen LogP contribution in [0.1, 0.15) is 69.7 Å². The van der Waals surface area contributed by atoms with Crippen LogP contribution in [0, 0.1) is 11.2 Å². The van der Waals surface area contributed by atoms with Gasteiger partial charge >= 0.3 is 6.18 Å². The molecular weight excluding hydrogens is 484 g/mol. The van der Waals surface area contributed by atoms with Crippen LogP contribution in [-0.2, 0) is 23.1 Å². The Morgan fingerprint density at radius 3 is 2.43 bits per heavy atom. The molecule has 1 atom stereocenters. The summed E-state index contributed by atoms with van der Waals surface area (Å²) in [6.45, 7) is 6.22. The SMILES string of the molecule is CCC(=N)C(C)(C)S(=O)(=O)CC(C)c1cc(NC(=C2CC2)c2cn(C)nc2C(F)(F)F)ccc1F. The van der Waals surface area contributed by atoms with Crippen molar-refractivity contribution < 1.29 is 26.0 Å². The number of hydrogen-bond donors (Lipinski definition) is 2. The zero-order valence-corrected chi connectivity index (χ0v) is 21.2. The molecule has 0 radical (unpaired) electrons. The summed E-state index contributed by atoms with van der Waals surface area (Å²) in [5.41, 5.74) is 0.513. The third kappa shape index (κ3) is 5.60. The molecule has 0 aliphatic heterocycles. The first-order valence-corrected chi connectivity index (χ1v) is 12.9. The van der Waals surface area contributed by atoms with Gasteiger partial charge in [-0.1, -0.05) is 13.8 Å². The van der Waals surface area contributed by atoms with Gasteiger partial charge in [0.15, 0.2) is 15.5 Å². The normalized spacial score (nSPS) is 15.2. The molecule has 0 amide bonds. The maximum Gasteiger partial charge on any atom is 0.435 e. The van der Waals surface area contributed by atoms with Gasteiger partial charge in [0.1, 0.15) is 10.6 Å². The molecule has 192 valence electrons. The second-order valence-electron chi connectivity index (χ2n) is 9.43. The molecule has 0 bridgehead atoms. The molecule has 1 aromatic carbocycles. The highest BCUT2D eigenvalue weighted by molar-refractivity contribution is 7.93. The maximum atomic E-state index is 14.7.